The predicted octanol–water partition coefficient (Wildman–Crippen LogP) is 5.13. The van der Waals surface area contributed by atoms with Crippen molar-refractivity contribution in [2.75, 3.05) is 0 Å². The molecule has 0 unspecified atom stereocenters. The molecule has 0 spiro atoms. The van der Waals surface area contributed by atoms with Crippen LogP contribution in [0.15, 0.2) is 84.0 Å². The smallest absolute Gasteiger partial charge is 0.169 e. The Bertz CT molecular complexity index is 1060. The van der Waals surface area contributed by atoms with Gasteiger partial charge in [0, 0.05) is 16.7 Å². The van der Waals surface area contributed by atoms with Gasteiger partial charge in [-0.25, -0.2) is 0 Å². The second-order valence-electron chi connectivity index (χ2n) is 6.25. The lowest BCUT2D eigenvalue weighted by Gasteiger charge is -2.16. The summed E-state index contributed by atoms with van der Waals surface area (Å²) in [7, 11) is 0. The SMILES string of the molecule is [S-]c1nnc(COc2ccc(Cl)cc2)n1Cc1ccccc1-c1ccccc1. The first kappa shape index (κ1) is 18.5. The zero-order valence-electron chi connectivity index (χ0n) is 15.0. The van der Waals surface area contributed by atoms with E-state index < -0.39 is 0 Å². The van der Waals surface area contributed by atoms with Gasteiger partial charge in [0.25, 0.3) is 0 Å². The van der Waals surface area contributed by atoms with Gasteiger partial charge in [0.2, 0.25) is 0 Å². The molecule has 4 aromatic rings. The Morgan fingerprint density at radius 1 is 0.857 bits per heavy atom. The molecule has 4 rings (SSSR count). The molecule has 1 heterocycles. The van der Waals surface area contributed by atoms with E-state index in [1.807, 2.05) is 47.0 Å². The van der Waals surface area contributed by atoms with Gasteiger partial charge in [-0.1, -0.05) is 66.2 Å². The highest BCUT2D eigenvalue weighted by Crippen LogP contribution is 2.25. The van der Waals surface area contributed by atoms with E-state index in [1.165, 1.54) is 0 Å². The average molecular weight is 407 g/mol. The zero-order chi connectivity index (χ0) is 19.3. The fraction of sp³-hybridized carbons (Fsp3) is 0.0909. The van der Waals surface area contributed by atoms with Crippen molar-refractivity contribution in [1.82, 2.24) is 14.8 Å². The highest BCUT2D eigenvalue weighted by molar-refractivity contribution is 7.58. The summed E-state index contributed by atoms with van der Waals surface area (Å²) >= 11 is 11.3. The summed E-state index contributed by atoms with van der Waals surface area (Å²) in [6.45, 7) is 0.856. The first-order valence-corrected chi connectivity index (χ1v) is 9.60. The summed E-state index contributed by atoms with van der Waals surface area (Å²) < 4.78 is 7.74. The van der Waals surface area contributed by atoms with Crippen LogP contribution in [0, 0.1) is 0 Å². The lowest BCUT2D eigenvalue weighted by molar-refractivity contribution is 0.289. The molecule has 6 heteroatoms. The molecule has 0 saturated carbocycles. The van der Waals surface area contributed by atoms with Gasteiger partial charge in [-0.2, -0.15) is 5.10 Å². The van der Waals surface area contributed by atoms with Crippen molar-refractivity contribution < 1.29 is 4.74 Å². The van der Waals surface area contributed by atoms with Crippen molar-refractivity contribution in [1.29, 1.82) is 0 Å². The van der Waals surface area contributed by atoms with Gasteiger partial charge in [-0.15, -0.1) is 5.10 Å². The molecule has 0 bridgehead atoms. The van der Waals surface area contributed by atoms with Crippen molar-refractivity contribution in [2.24, 2.45) is 0 Å². The van der Waals surface area contributed by atoms with Crippen LogP contribution in [-0.2, 0) is 25.8 Å². The van der Waals surface area contributed by atoms with Crippen LogP contribution in [0.1, 0.15) is 11.4 Å². The summed E-state index contributed by atoms with van der Waals surface area (Å²) in [6.07, 6.45) is 0. The molecule has 28 heavy (non-hydrogen) atoms. The van der Waals surface area contributed by atoms with E-state index in [2.05, 4.69) is 34.5 Å². The van der Waals surface area contributed by atoms with Crippen LogP contribution in [0.2, 0.25) is 5.02 Å². The number of hydrogen-bond acceptors (Lipinski definition) is 4. The number of ether oxygens (including phenoxy) is 1. The molecule has 140 valence electrons. The summed E-state index contributed by atoms with van der Waals surface area (Å²) in [5.41, 5.74) is 3.47. The zero-order valence-corrected chi connectivity index (χ0v) is 16.5. The van der Waals surface area contributed by atoms with Gasteiger partial charge in [0.1, 0.15) is 12.4 Å². The lowest BCUT2D eigenvalue weighted by Crippen LogP contribution is -2.10. The standard InChI is InChI=1S/C22H18ClN3OS/c23-18-10-12-19(13-11-18)27-15-21-24-25-22(28)26(21)14-17-8-4-5-9-20(17)16-6-2-1-3-7-16/h1-13H,14-15H2,(H,25,28)/p-1. The van der Waals surface area contributed by atoms with Crippen LogP contribution in [0.25, 0.3) is 11.1 Å². The molecule has 3 aromatic carbocycles. The van der Waals surface area contributed by atoms with Crippen LogP contribution >= 0.6 is 11.6 Å². The molecular formula is C22H17ClN3OS-. The van der Waals surface area contributed by atoms with Crippen LogP contribution < -0.4 is 4.74 Å². The molecule has 0 atom stereocenters. The molecule has 0 fully saturated rings. The molecule has 0 N–H and O–H groups in total. The van der Waals surface area contributed by atoms with Crippen LogP contribution in [-0.4, -0.2) is 14.8 Å². The molecule has 4 nitrogen and oxygen atoms in total. The molecule has 0 amide bonds. The maximum absolute atomic E-state index is 5.92. The molecule has 0 aliphatic carbocycles. The number of rotatable bonds is 6. The molecular weight excluding hydrogens is 390 g/mol. The van der Waals surface area contributed by atoms with E-state index >= 15 is 0 Å². The number of hydrogen-bond donors (Lipinski definition) is 0. The maximum atomic E-state index is 5.92. The second-order valence-corrected chi connectivity index (χ2v) is 7.05. The summed E-state index contributed by atoms with van der Waals surface area (Å²) in [5.74, 6) is 1.40. The van der Waals surface area contributed by atoms with Gasteiger partial charge in [0.05, 0.1) is 0 Å². The summed E-state index contributed by atoms with van der Waals surface area (Å²) in [6, 6.07) is 25.8. The van der Waals surface area contributed by atoms with Gasteiger partial charge < -0.3 is 21.9 Å². The Hall–Kier alpha value is -2.89. The first-order valence-electron chi connectivity index (χ1n) is 8.81. The maximum Gasteiger partial charge on any atom is 0.169 e. The van der Waals surface area contributed by atoms with Gasteiger partial charge in [0.15, 0.2) is 5.82 Å². The quantitative estimate of drug-likeness (QED) is 0.416. The van der Waals surface area contributed by atoms with E-state index in [0.29, 0.717) is 22.5 Å². The van der Waals surface area contributed by atoms with Gasteiger partial charge >= 0.3 is 0 Å². The van der Waals surface area contributed by atoms with E-state index in [1.54, 1.807) is 12.1 Å². The highest BCUT2D eigenvalue weighted by atomic mass is 35.5. The van der Waals surface area contributed by atoms with Crippen molar-refractivity contribution >= 4 is 24.2 Å². The monoisotopic (exact) mass is 406 g/mol. The minimum Gasteiger partial charge on any atom is -0.740 e. The van der Waals surface area contributed by atoms with Crippen LogP contribution in [0.5, 0.6) is 5.75 Å². The third kappa shape index (κ3) is 4.16. The van der Waals surface area contributed by atoms with E-state index in [0.717, 1.165) is 22.4 Å². The Morgan fingerprint density at radius 2 is 1.57 bits per heavy atom. The normalized spacial score (nSPS) is 10.8. The third-order valence-electron chi connectivity index (χ3n) is 4.41. The summed E-state index contributed by atoms with van der Waals surface area (Å²) in [5, 5.41) is 9.38. The minimum absolute atomic E-state index is 0.277. The third-order valence-corrected chi connectivity index (χ3v) is 4.96. The summed E-state index contributed by atoms with van der Waals surface area (Å²) in [4.78, 5) is 0. The van der Waals surface area contributed by atoms with Crippen molar-refractivity contribution in [2.45, 2.75) is 18.3 Å². The van der Waals surface area contributed by atoms with Gasteiger partial charge in [-0.3, -0.25) is 0 Å². The van der Waals surface area contributed by atoms with E-state index in [9.17, 15) is 0 Å². The number of halogens is 1. The highest BCUT2D eigenvalue weighted by Gasteiger charge is 2.10. The van der Waals surface area contributed by atoms with Crippen molar-refractivity contribution in [3.05, 3.63) is 95.3 Å². The van der Waals surface area contributed by atoms with E-state index in [4.69, 9.17) is 29.0 Å². The predicted molar refractivity (Wildman–Crippen MR) is 112 cm³/mol. The number of aromatic nitrogens is 3. The Morgan fingerprint density at radius 3 is 2.36 bits per heavy atom. The number of benzene rings is 3. The topological polar surface area (TPSA) is 39.9 Å². The minimum atomic E-state index is 0.277. The van der Waals surface area contributed by atoms with Crippen molar-refractivity contribution in [3.8, 4) is 16.9 Å². The average Bonchev–Trinajstić information content (AvgIpc) is 3.08. The second kappa shape index (κ2) is 8.42. The molecule has 1 aromatic heterocycles. The number of nitrogens with zero attached hydrogens (tertiary/aromatic N) is 3. The molecule has 0 aliphatic rings. The first-order chi connectivity index (χ1) is 13.7. The molecule has 0 saturated heterocycles. The van der Waals surface area contributed by atoms with Crippen molar-refractivity contribution in [3.63, 3.8) is 0 Å². The largest absolute Gasteiger partial charge is 0.740 e. The van der Waals surface area contributed by atoms with Gasteiger partial charge in [-0.05, 0) is 41.0 Å². The lowest BCUT2D eigenvalue weighted by atomic mass is 10.00. The van der Waals surface area contributed by atoms with E-state index in [-0.39, 0.29) is 6.61 Å². The molecule has 0 radical (unpaired) electrons. The Kier molecular flexibility index (Phi) is 5.55. The fourth-order valence-corrected chi connectivity index (χ4v) is 3.33. The fourth-order valence-electron chi connectivity index (χ4n) is 2.99. The Balaban J connectivity index is 1.58. The van der Waals surface area contributed by atoms with Crippen LogP contribution in [0.4, 0.5) is 0 Å². The van der Waals surface area contributed by atoms with Crippen LogP contribution in [0.3, 0.4) is 0 Å². The Labute approximate surface area is 174 Å². The molecule has 0 aliphatic heterocycles.